The third kappa shape index (κ3) is 3.58. The van der Waals surface area contributed by atoms with Crippen molar-refractivity contribution in [2.45, 2.75) is 83.4 Å². The maximum atomic E-state index is 14.2. The Morgan fingerprint density at radius 1 is 1.24 bits per heavy atom. The van der Waals surface area contributed by atoms with Crippen LogP contribution in [-0.2, 0) is 19.1 Å². The molecular weight excluding hydrogens is 482 g/mol. The average molecular weight is 522 g/mol. The molecule has 9 atom stereocenters. The van der Waals surface area contributed by atoms with Crippen molar-refractivity contribution in [3.63, 3.8) is 0 Å². The number of rotatable bonds is 6. The molecule has 4 fully saturated rings. The lowest BCUT2D eigenvalue weighted by Crippen LogP contribution is -2.63. The third-order valence-electron chi connectivity index (χ3n) is 10.5. The second-order valence-electron chi connectivity index (χ2n) is 12.4. The molecule has 3 saturated carbocycles. The van der Waals surface area contributed by atoms with Gasteiger partial charge in [0.1, 0.15) is 12.4 Å². The summed E-state index contributed by atoms with van der Waals surface area (Å²) in [6, 6.07) is 7.01. The normalized spacial score (nSPS) is 43.1. The van der Waals surface area contributed by atoms with Crippen LogP contribution in [0.2, 0.25) is 0 Å². The highest BCUT2D eigenvalue weighted by Crippen LogP contribution is 2.69. The standard InChI is InChI=1S/C31H39NO6/c1-4-5-27-37-26-15-23-22-11-6-18-14-20(33)12-13-29(18,2)28(22)24(34)16-30(23,3)31(26,38-27)25(35)17-36-21-9-7-19(32)8-10-21/h7-10,12-14,22-24,26-28,34H,4-6,11,15-17,32H2,1-3H3/t22-,23?,24-,26+,27-,28?,29-,30-,31+/m0/s1. The molecule has 1 aromatic carbocycles. The second-order valence-corrected chi connectivity index (χ2v) is 12.4. The van der Waals surface area contributed by atoms with Gasteiger partial charge in [0.05, 0.1) is 12.2 Å². The van der Waals surface area contributed by atoms with E-state index in [9.17, 15) is 14.7 Å². The molecule has 0 aromatic heterocycles. The molecule has 1 saturated heterocycles. The average Bonchev–Trinajstić information content (AvgIpc) is 3.36. The molecule has 0 amide bonds. The minimum atomic E-state index is -1.17. The van der Waals surface area contributed by atoms with Crippen molar-refractivity contribution in [1.29, 1.82) is 0 Å². The number of nitrogens with two attached hydrogens (primary N) is 1. The highest BCUT2D eigenvalue weighted by molar-refractivity contribution is 6.01. The SMILES string of the molecule is CCC[C@H]1O[C@@H]2CC3[C@@H]4CCC5=CC(=O)C=C[C@]5(C)C4[C@@H](O)C[C@]3(C)[C@]2(C(=O)COc2ccc(N)cc2)O1. The minimum absolute atomic E-state index is 0.0200. The lowest BCUT2D eigenvalue weighted by molar-refractivity contribution is -0.200. The van der Waals surface area contributed by atoms with E-state index in [1.54, 1.807) is 36.4 Å². The molecule has 4 aliphatic carbocycles. The van der Waals surface area contributed by atoms with Crippen molar-refractivity contribution in [2.75, 3.05) is 12.3 Å². The van der Waals surface area contributed by atoms with Crippen LogP contribution < -0.4 is 10.5 Å². The van der Waals surface area contributed by atoms with Crippen LogP contribution in [0.25, 0.3) is 0 Å². The summed E-state index contributed by atoms with van der Waals surface area (Å²) >= 11 is 0. The van der Waals surface area contributed by atoms with E-state index in [2.05, 4.69) is 20.8 Å². The fraction of sp³-hybridized carbons (Fsp3) is 0.613. The van der Waals surface area contributed by atoms with Crippen LogP contribution in [0.5, 0.6) is 5.75 Å². The molecule has 3 N–H and O–H groups in total. The van der Waals surface area contributed by atoms with Crippen LogP contribution >= 0.6 is 0 Å². The topological polar surface area (TPSA) is 108 Å². The number of fused-ring (bicyclic) bond motifs is 7. The molecule has 6 rings (SSSR count). The second kappa shape index (κ2) is 9.04. The minimum Gasteiger partial charge on any atom is -0.486 e. The van der Waals surface area contributed by atoms with Crippen molar-refractivity contribution in [3.8, 4) is 5.75 Å². The highest BCUT2D eigenvalue weighted by Gasteiger charge is 2.75. The van der Waals surface area contributed by atoms with Crippen molar-refractivity contribution >= 4 is 17.3 Å². The number of carbonyl (C=O) groups is 2. The Kier molecular flexibility index (Phi) is 6.13. The summed E-state index contributed by atoms with van der Waals surface area (Å²) in [6.07, 6.45) is 8.42. The summed E-state index contributed by atoms with van der Waals surface area (Å²) in [7, 11) is 0. The number of hydrogen-bond acceptors (Lipinski definition) is 7. The van der Waals surface area contributed by atoms with Gasteiger partial charge in [-0.2, -0.15) is 0 Å². The van der Waals surface area contributed by atoms with Crippen molar-refractivity contribution in [2.24, 2.45) is 28.6 Å². The molecular formula is C31H39NO6. The number of allylic oxidation sites excluding steroid dienone is 4. The molecule has 204 valence electrons. The van der Waals surface area contributed by atoms with Gasteiger partial charge < -0.3 is 25.1 Å². The number of aliphatic hydroxyl groups is 1. The molecule has 2 unspecified atom stereocenters. The number of nitrogen functional groups attached to an aromatic ring is 1. The summed E-state index contributed by atoms with van der Waals surface area (Å²) < 4.78 is 19.1. The first-order valence-electron chi connectivity index (χ1n) is 14.1. The smallest absolute Gasteiger partial charge is 0.205 e. The molecule has 1 aromatic rings. The van der Waals surface area contributed by atoms with Crippen LogP contribution in [0.3, 0.4) is 0 Å². The molecule has 0 spiro atoms. The van der Waals surface area contributed by atoms with Crippen molar-refractivity contribution in [1.82, 2.24) is 0 Å². The fourth-order valence-corrected chi connectivity index (χ4v) is 8.83. The molecule has 1 heterocycles. The van der Waals surface area contributed by atoms with E-state index in [0.29, 0.717) is 24.3 Å². The van der Waals surface area contributed by atoms with Crippen LogP contribution in [0, 0.1) is 28.6 Å². The van der Waals surface area contributed by atoms with E-state index in [1.165, 1.54) is 0 Å². The first-order chi connectivity index (χ1) is 18.1. The zero-order valence-electron chi connectivity index (χ0n) is 22.5. The molecule has 5 aliphatic rings. The Hall–Kier alpha value is -2.48. The first kappa shape index (κ1) is 25.8. The number of Topliss-reactive ketones (excluding diaryl/α,β-unsaturated/α-hetero) is 1. The van der Waals surface area contributed by atoms with E-state index < -0.39 is 23.4 Å². The van der Waals surface area contributed by atoms with Crippen molar-refractivity contribution in [3.05, 3.63) is 48.1 Å². The highest BCUT2D eigenvalue weighted by atomic mass is 16.7. The van der Waals surface area contributed by atoms with E-state index >= 15 is 0 Å². The van der Waals surface area contributed by atoms with Gasteiger partial charge >= 0.3 is 0 Å². The molecule has 7 nitrogen and oxygen atoms in total. The number of aliphatic hydroxyl groups excluding tert-OH is 1. The quantitative estimate of drug-likeness (QED) is 0.535. The van der Waals surface area contributed by atoms with Gasteiger partial charge in [-0.15, -0.1) is 0 Å². The Balaban J connectivity index is 1.34. The maximum absolute atomic E-state index is 14.2. The van der Waals surface area contributed by atoms with Gasteiger partial charge in [0.15, 0.2) is 17.7 Å². The summed E-state index contributed by atoms with van der Waals surface area (Å²) in [5, 5.41) is 11.8. The zero-order valence-corrected chi connectivity index (χ0v) is 22.5. The van der Waals surface area contributed by atoms with Crippen LogP contribution in [0.15, 0.2) is 48.1 Å². The third-order valence-corrected chi connectivity index (χ3v) is 10.5. The molecule has 1 aliphatic heterocycles. The molecule has 7 heteroatoms. The summed E-state index contributed by atoms with van der Waals surface area (Å²) in [4.78, 5) is 26.3. The predicted molar refractivity (Wildman–Crippen MR) is 142 cm³/mol. The Morgan fingerprint density at radius 2 is 2.00 bits per heavy atom. The van der Waals surface area contributed by atoms with Crippen molar-refractivity contribution < 1.29 is 28.9 Å². The van der Waals surface area contributed by atoms with Gasteiger partial charge in [0, 0.05) is 22.4 Å². The van der Waals surface area contributed by atoms with E-state index in [4.69, 9.17) is 19.9 Å². The number of anilines is 1. The number of benzene rings is 1. The van der Waals surface area contributed by atoms with Gasteiger partial charge in [-0.25, -0.2) is 0 Å². The van der Waals surface area contributed by atoms with Gasteiger partial charge in [0.25, 0.3) is 0 Å². The summed E-state index contributed by atoms with van der Waals surface area (Å²) in [5.41, 5.74) is 5.41. The monoisotopic (exact) mass is 521 g/mol. The lowest BCUT2D eigenvalue weighted by atomic mass is 9.46. The van der Waals surface area contributed by atoms with Gasteiger partial charge in [-0.3, -0.25) is 9.59 Å². The van der Waals surface area contributed by atoms with Gasteiger partial charge in [-0.05, 0) is 80.4 Å². The Labute approximate surface area is 224 Å². The predicted octanol–water partition coefficient (Wildman–Crippen LogP) is 4.39. The molecule has 0 bridgehead atoms. The van der Waals surface area contributed by atoms with E-state index in [1.807, 2.05) is 6.08 Å². The largest absolute Gasteiger partial charge is 0.486 e. The Bertz CT molecular complexity index is 1190. The van der Waals surface area contributed by atoms with Crippen LogP contribution in [0.4, 0.5) is 5.69 Å². The van der Waals surface area contributed by atoms with Crippen LogP contribution in [0.1, 0.15) is 59.3 Å². The summed E-state index contributed by atoms with van der Waals surface area (Å²) in [5.74, 6) is 0.789. The first-order valence-corrected chi connectivity index (χ1v) is 14.1. The molecule has 0 radical (unpaired) electrons. The Morgan fingerprint density at radius 3 is 2.74 bits per heavy atom. The van der Waals surface area contributed by atoms with E-state index in [0.717, 1.165) is 31.3 Å². The number of hydrogen-bond donors (Lipinski definition) is 2. The van der Waals surface area contributed by atoms with Gasteiger partial charge in [0.2, 0.25) is 5.78 Å². The number of ether oxygens (including phenoxy) is 3. The zero-order chi connectivity index (χ0) is 26.9. The van der Waals surface area contributed by atoms with E-state index in [-0.39, 0.29) is 47.4 Å². The van der Waals surface area contributed by atoms with Gasteiger partial charge in [-0.1, -0.05) is 38.8 Å². The maximum Gasteiger partial charge on any atom is 0.205 e. The lowest BCUT2D eigenvalue weighted by Gasteiger charge is -2.59. The van der Waals surface area contributed by atoms with Crippen LogP contribution in [-0.4, -0.2) is 47.4 Å². The number of carbonyl (C=O) groups excluding carboxylic acids is 2. The molecule has 38 heavy (non-hydrogen) atoms. The number of ketones is 2. The fourth-order valence-electron chi connectivity index (χ4n) is 8.83. The summed E-state index contributed by atoms with van der Waals surface area (Å²) in [6.45, 7) is 6.23.